The van der Waals surface area contributed by atoms with Crippen molar-refractivity contribution in [3.05, 3.63) is 29.8 Å². The van der Waals surface area contributed by atoms with E-state index in [2.05, 4.69) is 10.6 Å². The topological polar surface area (TPSA) is 61.4 Å². The molecule has 0 saturated carbocycles. The summed E-state index contributed by atoms with van der Waals surface area (Å²) in [5.41, 5.74) is 1.12. The number of thioether (sulfide) groups is 1. The summed E-state index contributed by atoms with van der Waals surface area (Å²) in [6, 6.07) is 7.10. The van der Waals surface area contributed by atoms with Crippen LogP contribution in [-0.4, -0.2) is 41.7 Å². The molecule has 0 unspecified atom stereocenters. The Labute approximate surface area is 124 Å². The molecule has 0 aromatic heterocycles. The van der Waals surface area contributed by atoms with Crippen LogP contribution in [0.4, 0.5) is 0 Å². The molecule has 0 aliphatic carbocycles. The lowest BCUT2D eigenvalue weighted by molar-refractivity contribution is -0.118. The molecule has 1 aromatic carbocycles. The van der Waals surface area contributed by atoms with E-state index >= 15 is 0 Å². The highest BCUT2D eigenvalue weighted by molar-refractivity contribution is 8.00. The van der Waals surface area contributed by atoms with E-state index in [0.29, 0.717) is 17.5 Å². The van der Waals surface area contributed by atoms with E-state index in [-0.39, 0.29) is 11.7 Å². The molecule has 4 nitrogen and oxygen atoms in total. The van der Waals surface area contributed by atoms with Gasteiger partial charge in [-0.15, -0.1) is 11.8 Å². The minimum atomic E-state index is 0.118. The van der Waals surface area contributed by atoms with Crippen LogP contribution >= 0.6 is 11.8 Å². The fourth-order valence-corrected chi connectivity index (χ4v) is 3.27. The van der Waals surface area contributed by atoms with Crippen molar-refractivity contribution in [3.63, 3.8) is 0 Å². The van der Waals surface area contributed by atoms with E-state index in [0.717, 1.165) is 37.9 Å². The molecule has 1 aliphatic rings. The van der Waals surface area contributed by atoms with Gasteiger partial charge in [0.1, 0.15) is 5.75 Å². The summed E-state index contributed by atoms with van der Waals surface area (Å²) in [5.74, 6) is 0.948. The molecular weight excluding hydrogens is 272 g/mol. The molecule has 2 rings (SSSR count). The van der Waals surface area contributed by atoms with Crippen LogP contribution < -0.4 is 10.6 Å². The van der Waals surface area contributed by atoms with Crippen molar-refractivity contribution in [3.8, 4) is 5.75 Å². The Hall–Kier alpha value is -1.20. The number of piperidine rings is 1. The lowest BCUT2D eigenvalue weighted by Crippen LogP contribution is -2.32. The zero-order chi connectivity index (χ0) is 14.2. The van der Waals surface area contributed by atoms with E-state index in [4.69, 9.17) is 0 Å². The van der Waals surface area contributed by atoms with Gasteiger partial charge in [0.2, 0.25) is 5.91 Å². The number of hydrogen-bond acceptors (Lipinski definition) is 4. The lowest BCUT2D eigenvalue weighted by Gasteiger charge is -2.21. The van der Waals surface area contributed by atoms with Crippen molar-refractivity contribution in [1.29, 1.82) is 0 Å². The molecule has 1 saturated heterocycles. The Morgan fingerprint density at radius 3 is 2.70 bits per heavy atom. The minimum absolute atomic E-state index is 0.118. The Morgan fingerprint density at radius 1 is 1.30 bits per heavy atom. The summed E-state index contributed by atoms with van der Waals surface area (Å²) in [6.07, 6.45) is 3.11. The highest BCUT2D eigenvalue weighted by Crippen LogP contribution is 2.19. The smallest absolute Gasteiger partial charge is 0.230 e. The number of phenolic OH excluding ortho intramolecular Hbond substituents is 1. The van der Waals surface area contributed by atoms with Gasteiger partial charge in [-0.2, -0.15) is 0 Å². The molecule has 1 amide bonds. The van der Waals surface area contributed by atoms with Crippen molar-refractivity contribution in [2.75, 3.05) is 25.4 Å². The van der Waals surface area contributed by atoms with Crippen LogP contribution in [0.25, 0.3) is 0 Å². The molecule has 5 heteroatoms. The van der Waals surface area contributed by atoms with E-state index in [1.807, 2.05) is 12.1 Å². The van der Waals surface area contributed by atoms with Crippen molar-refractivity contribution < 1.29 is 9.90 Å². The van der Waals surface area contributed by atoms with Gasteiger partial charge >= 0.3 is 0 Å². The summed E-state index contributed by atoms with van der Waals surface area (Å²) in [7, 11) is 0. The van der Waals surface area contributed by atoms with Gasteiger partial charge in [0.15, 0.2) is 0 Å². The predicted molar refractivity (Wildman–Crippen MR) is 83.2 cm³/mol. The number of phenols is 1. The number of nitrogens with one attached hydrogen (secondary N) is 2. The van der Waals surface area contributed by atoms with Crippen molar-refractivity contribution in [2.24, 2.45) is 0 Å². The number of carbonyl (C=O) groups excluding carboxylic acids is 1. The van der Waals surface area contributed by atoms with Crippen molar-refractivity contribution >= 4 is 17.7 Å². The quantitative estimate of drug-likeness (QED) is 0.745. The number of amides is 1. The molecule has 1 fully saturated rings. The zero-order valence-corrected chi connectivity index (χ0v) is 12.4. The molecule has 20 heavy (non-hydrogen) atoms. The van der Waals surface area contributed by atoms with Crippen LogP contribution in [0.3, 0.4) is 0 Å². The van der Waals surface area contributed by atoms with Gasteiger partial charge in [-0.1, -0.05) is 12.1 Å². The Morgan fingerprint density at radius 2 is 2.00 bits per heavy atom. The molecule has 3 N–H and O–H groups in total. The second-order valence-electron chi connectivity index (χ2n) is 5.03. The third-order valence-corrected chi connectivity index (χ3v) is 4.78. The maximum Gasteiger partial charge on any atom is 0.230 e. The fraction of sp³-hybridized carbons (Fsp3) is 0.533. The minimum Gasteiger partial charge on any atom is -0.508 e. The third-order valence-electron chi connectivity index (χ3n) is 3.41. The normalized spacial score (nSPS) is 16.0. The van der Waals surface area contributed by atoms with E-state index in [1.54, 1.807) is 23.9 Å². The highest BCUT2D eigenvalue weighted by Gasteiger charge is 2.14. The Balaban J connectivity index is 1.58. The molecule has 0 radical (unpaired) electrons. The molecule has 1 aliphatic heterocycles. The first-order valence-corrected chi connectivity index (χ1v) is 8.16. The first-order chi connectivity index (χ1) is 9.74. The van der Waals surface area contributed by atoms with Gasteiger partial charge in [0.05, 0.1) is 5.75 Å². The van der Waals surface area contributed by atoms with Gasteiger partial charge < -0.3 is 15.7 Å². The lowest BCUT2D eigenvalue weighted by atomic mass is 10.1. The van der Waals surface area contributed by atoms with Gasteiger partial charge in [-0.3, -0.25) is 4.79 Å². The number of carbonyl (C=O) groups is 1. The van der Waals surface area contributed by atoms with Crippen LogP contribution in [0.15, 0.2) is 24.3 Å². The first kappa shape index (κ1) is 15.2. The van der Waals surface area contributed by atoms with Crippen LogP contribution in [0.5, 0.6) is 5.75 Å². The highest BCUT2D eigenvalue weighted by atomic mass is 32.2. The summed E-state index contributed by atoms with van der Waals surface area (Å²) in [4.78, 5) is 11.7. The summed E-state index contributed by atoms with van der Waals surface area (Å²) >= 11 is 1.77. The van der Waals surface area contributed by atoms with Crippen LogP contribution in [-0.2, 0) is 11.2 Å². The fourth-order valence-electron chi connectivity index (χ4n) is 2.22. The number of hydrogen-bond donors (Lipinski definition) is 3. The molecule has 1 heterocycles. The van der Waals surface area contributed by atoms with E-state index < -0.39 is 0 Å². The largest absolute Gasteiger partial charge is 0.508 e. The number of benzene rings is 1. The monoisotopic (exact) mass is 294 g/mol. The standard InChI is InChI=1S/C15H22N2O2S/c18-13-3-1-12(2-4-13)5-10-17-15(19)11-20-14-6-8-16-9-7-14/h1-4,14,16,18H,5-11H2,(H,17,19). The van der Waals surface area contributed by atoms with E-state index in [9.17, 15) is 9.90 Å². The SMILES string of the molecule is O=C(CSC1CCNCC1)NCCc1ccc(O)cc1. The second-order valence-corrected chi connectivity index (χ2v) is 6.32. The van der Waals surface area contributed by atoms with Gasteiger partial charge in [-0.05, 0) is 50.0 Å². The average molecular weight is 294 g/mol. The predicted octanol–water partition coefficient (Wildman–Crippen LogP) is 1.54. The second kappa shape index (κ2) is 8.17. The Kier molecular flexibility index (Phi) is 6.21. The number of rotatable bonds is 6. The van der Waals surface area contributed by atoms with Gasteiger partial charge in [0.25, 0.3) is 0 Å². The maximum absolute atomic E-state index is 11.7. The molecule has 0 atom stereocenters. The average Bonchev–Trinajstić information content (AvgIpc) is 2.48. The third kappa shape index (κ3) is 5.43. The van der Waals surface area contributed by atoms with Crippen LogP contribution in [0.1, 0.15) is 18.4 Å². The summed E-state index contributed by atoms with van der Waals surface area (Å²) < 4.78 is 0. The van der Waals surface area contributed by atoms with Gasteiger partial charge in [-0.25, -0.2) is 0 Å². The maximum atomic E-state index is 11.7. The van der Waals surface area contributed by atoms with Crippen molar-refractivity contribution in [2.45, 2.75) is 24.5 Å². The molecule has 1 aromatic rings. The first-order valence-electron chi connectivity index (χ1n) is 7.11. The van der Waals surface area contributed by atoms with Gasteiger partial charge in [0, 0.05) is 11.8 Å². The molecule has 0 bridgehead atoms. The van der Waals surface area contributed by atoms with Crippen LogP contribution in [0.2, 0.25) is 0 Å². The van der Waals surface area contributed by atoms with Crippen LogP contribution in [0, 0.1) is 0 Å². The molecular formula is C15H22N2O2S. The summed E-state index contributed by atoms with van der Waals surface area (Å²) in [6.45, 7) is 2.79. The molecule has 110 valence electrons. The van der Waals surface area contributed by atoms with E-state index in [1.165, 1.54) is 0 Å². The Bertz CT molecular complexity index is 416. The van der Waals surface area contributed by atoms with Crippen molar-refractivity contribution in [1.82, 2.24) is 10.6 Å². The molecule has 0 spiro atoms. The number of aromatic hydroxyl groups is 1. The summed E-state index contributed by atoms with van der Waals surface area (Å²) in [5, 5.41) is 16.1. The zero-order valence-electron chi connectivity index (χ0n) is 11.6.